The summed E-state index contributed by atoms with van der Waals surface area (Å²) in [6.07, 6.45) is 2.30. The number of hydrogen-bond acceptors (Lipinski definition) is 3. The summed E-state index contributed by atoms with van der Waals surface area (Å²) in [5.41, 5.74) is 4.13. The average Bonchev–Trinajstić information content (AvgIpc) is 2.88. The van der Waals surface area contributed by atoms with Gasteiger partial charge >= 0.3 is 0 Å². The van der Waals surface area contributed by atoms with Crippen LogP contribution in [0.2, 0.25) is 0 Å². The fraction of sp³-hybridized carbons (Fsp3) is 0.333. The van der Waals surface area contributed by atoms with E-state index in [9.17, 15) is 9.59 Å². The lowest BCUT2D eigenvalue weighted by Gasteiger charge is -2.31. The number of hydrogen-bond donors (Lipinski definition) is 1. The van der Waals surface area contributed by atoms with Crippen molar-refractivity contribution in [2.75, 3.05) is 13.2 Å². The number of aryl methyl sites for hydroxylation is 2. The van der Waals surface area contributed by atoms with Crippen molar-refractivity contribution in [3.63, 3.8) is 0 Å². The van der Waals surface area contributed by atoms with E-state index >= 15 is 0 Å². The molecule has 0 saturated heterocycles. The predicted molar refractivity (Wildman–Crippen MR) is 148 cm³/mol. The number of amides is 2. The number of rotatable bonds is 12. The Labute approximate surface area is 223 Å². The lowest BCUT2D eigenvalue weighted by molar-refractivity contribution is -0.142. The molecule has 0 bridgehead atoms. The topological polar surface area (TPSA) is 58.6 Å². The van der Waals surface area contributed by atoms with Crippen molar-refractivity contribution in [3.05, 3.63) is 99.5 Å². The minimum absolute atomic E-state index is 0.146. The average molecular weight is 552 g/mol. The third kappa shape index (κ3) is 8.23. The zero-order chi connectivity index (χ0) is 25.9. The Morgan fingerprint density at radius 3 is 2.36 bits per heavy atom. The Morgan fingerprint density at radius 2 is 1.69 bits per heavy atom. The van der Waals surface area contributed by atoms with E-state index < -0.39 is 6.04 Å². The number of carbonyl (C=O) groups is 2. The van der Waals surface area contributed by atoms with E-state index in [2.05, 4.69) is 28.2 Å². The van der Waals surface area contributed by atoms with Crippen LogP contribution in [0.4, 0.5) is 0 Å². The van der Waals surface area contributed by atoms with Crippen LogP contribution < -0.4 is 10.1 Å². The van der Waals surface area contributed by atoms with Crippen molar-refractivity contribution in [1.29, 1.82) is 0 Å². The second-order valence-corrected chi connectivity index (χ2v) is 9.91. The maximum atomic E-state index is 13.6. The standard InChI is InChI=1S/C30H35BrN2O3/c1-4-5-17-32-30(35)28(19-24-9-7-6-8-10-24)33(20-25-13-11-22(2)12-14-25)29(34)21-36-26-15-16-27(31)23(3)18-26/h6-16,18,28H,4-5,17,19-21H2,1-3H3,(H,32,35). The number of halogens is 1. The fourth-order valence-electron chi connectivity index (χ4n) is 3.89. The molecule has 3 rings (SSSR count). The molecular weight excluding hydrogens is 516 g/mol. The van der Waals surface area contributed by atoms with Crippen molar-refractivity contribution in [2.45, 2.75) is 52.6 Å². The molecular formula is C30H35BrN2O3. The van der Waals surface area contributed by atoms with E-state index in [4.69, 9.17) is 4.74 Å². The minimum Gasteiger partial charge on any atom is -0.484 e. The maximum Gasteiger partial charge on any atom is 0.261 e. The van der Waals surface area contributed by atoms with Crippen molar-refractivity contribution in [1.82, 2.24) is 10.2 Å². The van der Waals surface area contributed by atoms with Crippen LogP contribution in [0.25, 0.3) is 0 Å². The lowest BCUT2D eigenvalue weighted by Crippen LogP contribution is -2.51. The van der Waals surface area contributed by atoms with Gasteiger partial charge < -0.3 is 15.0 Å². The smallest absolute Gasteiger partial charge is 0.261 e. The van der Waals surface area contributed by atoms with E-state index in [1.165, 1.54) is 0 Å². The molecule has 0 aromatic heterocycles. The second kappa shape index (κ2) is 13.8. The number of benzene rings is 3. The first-order valence-corrected chi connectivity index (χ1v) is 13.2. The molecule has 0 aliphatic heterocycles. The molecule has 0 heterocycles. The van der Waals surface area contributed by atoms with E-state index in [1.807, 2.05) is 86.6 Å². The maximum absolute atomic E-state index is 13.6. The Balaban J connectivity index is 1.88. The van der Waals surface area contributed by atoms with Crippen molar-refractivity contribution >= 4 is 27.7 Å². The third-order valence-corrected chi connectivity index (χ3v) is 6.96. The summed E-state index contributed by atoms with van der Waals surface area (Å²) in [7, 11) is 0. The predicted octanol–water partition coefficient (Wildman–Crippen LogP) is 6.00. The highest BCUT2D eigenvalue weighted by Crippen LogP contribution is 2.22. The van der Waals surface area contributed by atoms with Crippen LogP contribution in [-0.2, 0) is 22.6 Å². The van der Waals surface area contributed by atoms with E-state index in [1.54, 1.807) is 4.90 Å². The summed E-state index contributed by atoms with van der Waals surface area (Å²) in [4.78, 5) is 28.7. The molecule has 36 heavy (non-hydrogen) atoms. The van der Waals surface area contributed by atoms with Gasteiger partial charge in [-0.15, -0.1) is 0 Å². The van der Waals surface area contributed by atoms with Crippen molar-refractivity contribution in [2.24, 2.45) is 0 Å². The normalized spacial score (nSPS) is 11.6. The van der Waals surface area contributed by atoms with Crippen LogP contribution in [0, 0.1) is 13.8 Å². The van der Waals surface area contributed by atoms with Crippen LogP contribution in [0.5, 0.6) is 5.75 Å². The van der Waals surface area contributed by atoms with Gasteiger partial charge in [-0.2, -0.15) is 0 Å². The molecule has 1 N–H and O–H groups in total. The molecule has 0 fully saturated rings. The van der Waals surface area contributed by atoms with Crippen LogP contribution in [-0.4, -0.2) is 35.9 Å². The van der Waals surface area contributed by atoms with E-state index in [0.29, 0.717) is 25.3 Å². The van der Waals surface area contributed by atoms with Gasteiger partial charge in [-0.25, -0.2) is 0 Å². The van der Waals surface area contributed by atoms with Gasteiger partial charge in [-0.3, -0.25) is 9.59 Å². The fourth-order valence-corrected chi connectivity index (χ4v) is 4.13. The van der Waals surface area contributed by atoms with Crippen molar-refractivity contribution in [3.8, 4) is 5.75 Å². The zero-order valence-corrected chi connectivity index (χ0v) is 22.9. The lowest BCUT2D eigenvalue weighted by atomic mass is 10.0. The van der Waals surface area contributed by atoms with Gasteiger partial charge in [0, 0.05) is 24.0 Å². The summed E-state index contributed by atoms with van der Waals surface area (Å²) in [5, 5.41) is 3.04. The molecule has 6 heteroatoms. The molecule has 0 spiro atoms. The third-order valence-electron chi connectivity index (χ3n) is 6.07. The Hall–Kier alpha value is -3.12. The van der Waals surface area contributed by atoms with E-state index in [-0.39, 0.29) is 18.4 Å². The van der Waals surface area contributed by atoms with E-state index in [0.717, 1.165) is 39.6 Å². The summed E-state index contributed by atoms with van der Waals surface area (Å²) >= 11 is 3.49. The van der Waals surface area contributed by atoms with Gasteiger partial charge in [-0.1, -0.05) is 89.4 Å². The van der Waals surface area contributed by atoms with Crippen LogP contribution in [0.3, 0.4) is 0 Å². The molecule has 5 nitrogen and oxygen atoms in total. The molecule has 3 aromatic rings. The Morgan fingerprint density at radius 1 is 0.972 bits per heavy atom. The minimum atomic E-state index is -0.659. The summed E-state index contributed by atoms with van der Waals surface area (Å²) in [6.45, 7) is 6.84. The largest absolute Gasteiger partial charge is 0.484 e. The number of unbranched alkanes of at least 4 members (excludes halogenated alkanes) is 1. The highest BCUT2D eigenvalue weighted by atomic mass is 79.9. The SMILES string of the molecule is CCCCNC(=O)C(Cc1ccccc1)N(Cc1ccc(C)cc1)C(=O)COc1ccc(Br)c(C)c1. The molecule has 190 valence electrons. The molecule has 0 saturated carbocycles. The summed E-state index contributed by atoms with van der Waals surface area (Å²) < 4.78 is 6.86. The summed E-state index contributed by atoms with van der Waals surface area (Å²) in [6, 6.07) is 22.8. The Kier molecular flexibility index (Phi) is 10.6. The van der Waals surface area contributed by atoms with Crippen LogP contribution >= 0.6 is 15.9 Å². The van der Waals surface area contributed by atoms with Gasteiger partial charge in [0.15, 0.2) is 6.61 Å². The first-order chi connectivity index (χ1) is 17.4. The highest BCUT2D eigenvalue weighted by molar-refractivity contribution is 9.10. The van der Waals surface area contributed by atoms with Crippen LogP contribution in [0.1, 0.15) is 42.0 Å². The second-order valence-electron chi connectivity index (χ2n) is 9.06. The first-order valence-electron chi connectivity index (χ1n) is 12.4. The Bertz CT molecular complexity index is 1130. The van der Waals surface area contributed by atoms with Gasteiger partial charge in [-0.05, 0) is 55.2 Å². The zero-order valence-electron chi connectivity index (χ0n) is 21.3. The first kappa shape index (κ1) is 27.5. The molecule has 1 atom stereocenters. The molecule has 0 aliphatic carbocycles. The molecule has 1 unspecified atom stereocenters. The van der Waals surface area contributed by atoms with Crippen molar-refractivity contribution < 1.29 is 14.3 Å². The number of carbonyl (C=O) groups excluding carboxylic acids is 2. The van der Waals surface area contributed by atoms with Gasteiger partial charge in [0.25, 0.3) is 5.91 Å². The van der Waals surface area contributed by atoms with Gasteiger partial charge in [0.05, 0.1) is 0 Å². The number of nitrogens with zero attached hydrogens (tertiary/aromatic N) is 1. The van der Waals surface area contributed by atoms with Gasteiger partial charge in [0.2, 0.25) is 5.91 Å². The monoisotopic (exact) mass is 550 g/mol. The number of nitrogens with one attached hydrogen (secondary N) is 1. The number of ether oxygens (including phenoxy) is 1. The molecule has 2 amide bonds. The van der Waals surface area contributed by atoms with Gasteiger partial charge in [0.1, 0.15) is 11.8 Å². The molecule has 0 aliphatic rings. The highest BCUT2D eigenvalue weighted by Gasteiger charge is 2.30. The molecule has 0 radical (unpaired) electrons. The van der Waals surface area contributed by atoms with Crippen LogP contribution in [0.15, 0.2) is 77.3 Å². The quantitative estimate of drug-likeness (QED) is 0.281. The molecule has 3 aromatic carbocycles. The summed E-state index contributed by atoms with van der Waals surface area (Å²) in [5.74, 6) is 0.237.